The summed E-state index contributed by atoms with van der Waals surface area (Å²) >= 11 is 0. The van der Waals surface area contributed by atoms with Crippen LogP contribution >= 0.6 is 0 Å². The average molecular weight is 825 g/mol. The summed E-state index contributed by atoms with van der Waals surface area (Å²) in [5.41, 5.74) is 14.4. The number of dihydropyridines is 1. The van der Waals surface area contributed by atoms with Crippen molar-refractivity contribution in [2.24, 2.45) is 28.9 Å². The number of likely N-dealkylation sites (N-methyl/N-ethyl adjacent to an activating group) is 1. The standard InChI is InChI=1S/C53H68N4O4/c1-55-49-22-20-42-35-56-27-23-47(42)48(49)34-53(24-6-7-25-53)26-9-14-45(58)33-46(59)21-19-40-31-51(61-2)50(60)30-43(40)29-44-36-57-52(54)32-41(44)18-17-39-13-8-12-38(28-39)16-15-37-10-4-3-5-11-37/h3-5,8,10-13,19-22,28,30-32,36,42,47-49,52,55-57,60H,6-7,9,14-18,23-27,29,33-35,54H2,1-2H3/b21-19+/t42-,47+,48-,49+,52?/m1/s1. The van der Waals surface area contributed by atoms with Crippen LogP contribution < -0.4 is 26.4 Å². The molecule has 0 amide bonds. The van der Waals surface area contributed by atoms with E-state index in [0.717, 1.165) is 73.9 Å². The van der Waals surface area contributed by atoms with Gasteiger partial charge in [0.05, 0.1) is 19.7 Å². The fraction of sp³-hybridized carbons (Fsp3) is 0.472. The quantitative estimate of drug-likeness (QED) is 0.0436. The van der Waals surface area contributed by atoms with Gasteiger partial charge in [-0.05, 0) is 171 Å². The number of phenols is 1. The van der Waals surface area contributed by atoms with Crippen LogP contribution in [-0.2, 0) is 35.3 Å². The Hall–Kier alpha value is -4.76. The van der Waals surface area contributed by atoms with Crippen LogP contribution in [0.15, 0.2) is 108 Å². The summed E-state index contributed by atoms with van der Waals surface area (Å²) in [6.45, 7) is 2.18. The van der Waals surface area contributed by atoms with E-state index in [4.69, 9.17) is 10.5 Å². The number of phenolic OH excluding ortho intramolecular Hbond substituents is 1. The summed E-state index contributed by atoms with van der Waals surface area (Å²) in [4.78, 5) is 26.6. The van der Waals surface area contributed by atoms with Gasteiger partial charge in [-0.15, -0.1) is 0 Å². The van der Waals surface area contributed by atoms with Gasteiger partial charge in [-0.25, -0.2) is 0 Å². The second kappa shape index (κ2) is 21.4. The van der Waals surface area contributed by atoms with Crippen molar-refractivity contribution in [1.29, 1.82) is 0 Å². The number of rotatable bonds is 20. The number of carbonyl (C=O) groups excluding carboxylic acids is 2. The van der Waals surface area contributed by atoms with Crippen molar-refractivity contribution < 1.29 is 19.4 Å². The van der Waals surface area contributed by atoms with Crippen molar-refractivity contribution in [2.75, 3.05) is 27.2 Å². The van der Waals surface area contributed by atoms with Crippen LogP contribution in [0.25, 0.3) is 6.08 Å². The van der Waals surface area contributed by atoms with Crippen LogP contribution in [-0.4, -0.2) is 56.1 Å². The molecule has 1 saturated carbocycles. The fourth-order valence-corrected chi connectivity index (χ4v) is 10.8. The molecular weight excluding hydrogens is 757 g/mol. The molecule has 6 N–H and O–H groups in total. The Labute approximate surface area is 364 Å². The number of allylic oxidation sites excluding steroid dienone is 3. The molecule has 0 spiro atoms. The van der Waals surface area contributed by atoms with Crippen molar-refractivity contribution in [3.05, 3.63) is 136 Å². The summed E-state index contributed by atoms with van der Waals surface area (Å²) in [6, 6.07) is 23.3. The lowest BCUT2D eigenvalue weighted by Gasteiger charge is -2.46. The highest BCUT2D eigenvalue weighted by Gasteiger charge is 2.43. The summed E-state index contributed by atoms with van der Waals surface area (Å²) in [6.07, 6.45) is 25.8. The van der Waals surface area contributed by atoms with E-state index in [0.29, 0.717) is 42.4 Å². The van der Waals surface area contributed by atoms with E-state index >= 15 is 0 Å². The molecule has 1 unspecified atom stereocenters. The van der Waals surface area contributed by atoms with E-state index in [-0.39, 0.29) is 35.3 Å². The number of nitrogens with two attached hydrogens (primary N) is 1. The highest BCUT2D eigenvalue weighted by atomic mass is 16.5. The summed E-state index contributed by atoms with van der Waals surface area (Å²) in [5.74, 6) is 2.10. The number of aromatic hydroxyl groups is 1. The molecular formula is C53H68N4O4. The molecule has 4 aliphatic rings. The summed E-state index contributed by atoms with van der Waals surface area (Å²) in [7, 11) is 3.61. The Kier molecular flexibility index (Phi) is 15.5. The van der Waals surface area contributed by atoms with E-state index in [1.807, 2.05) is 6.20 Å². The molecule has 0 radical (unpaired) electrons. The Morgan fingerprint density at radius 2 is 1.70 bits per heavy atom. The molecule has 1 saturated heterocycles. The lowest BCUT2D eigenvalue weighted by molar-refractivity contribution is -0.124. The van der Waals surface area contributed by atoms with Crippen LogP contribution in [0.3, 0.4) is 0 Å². The monoisotopic (exact) mass is 825 g/mol. The predicted octanol–water partition coefficient (Wildman–Crippen LogP) is 8.72. The predicted molar refractivity (Wildman–Crippen MR) is 247 cm³/mol. The maximum Gasteiger partial charge on any atom is 0.163 e. The SMILES string of the molecule is CN[C@H]1C=C[C@@H]2CNCC[C@@H]2[C@H]1CC1(CCCC(=O)CC(=O)/C=C/c2cc(OC)c(O)cc2CC2=CNC(N)C=C2CCc2cccc(CCc3ccccc3)c2)CCCC1. The fourth-order valence-electron chi connectivity index (χ4n) is 10.8. The van der Waals surface area contributed by atoms with Crippen molar-refractivity contribution in [3.63, 3.8) is 0 Å². The van der Waals surface area contributed by atoms with Gasteiger partial charge in [0.1, 0.15) is 5.78 Å². The third-order valence-electron chi connectivity index (χ3n) is 14.1. The van der Waals surface area contributed by atoms with Crippen molar-refractivity contribution in [2.45, 2.75) is 109 Å². The molecule has 61 heavy (non-hydrogen) atoms. The van der Waals surface area contributed by atoms with Crippen molar-refractivity contribution in [3.8, 4) is 11.5 Å². The first-order valence-electron chi connectivity index (χ1n) is 22.9. The number of nitrogens with one attached hydrogen (secondary N) is 3. The first kappa shape index (κ1) is 44.3. The Morgan fingerprint density at radius 3 is 2.48 bits per heavy atom. The first-order chi connectivity index (χ1) is 29.7. The topological polar surface area (TPSA) is 126 Å². The molecule has 3 aromatic carbocycles. The van der Waals surface area contributed by atoms with Gasteiger partial charge in [0.25, 0.3) is 0 Å². The molecule has 7 rings (SSSR count). The van der Waals surface area contributed by atoms with Gasteiger partial charge in [-0.1, -0.05) is 85.7 Å². The molecule has 3 aromatic rings. The minimum Gasteiger partial charge on any atom is -0.504 e. The lowest BCUT2D eigenvalue weighted by atomic mass is 9.63. The second-order valence-electron chi connectivity index (χ2n) is 18.2. The van der Waals surface area contributed by atoms with Gasteiger partial charge < -0.3 is 31.5 Å². The van der Waals surface area contributed by atoms with E-state index in [2.05, 4.69) is 95.8 Å². The zero-order chi connectivity index (χ0) is 42.6. The zero-order valence-electron chi connectivity index (χ0n) is 36.5. The van der Waals surface area contributed by atoms with Gasteiger partial charge in [0.2, 0.25) is 0 Å². The average Bonchev–Trinajstić information content (AvgIpc) is 3.74. The normalized spacial score (nSPS) is 23.2. The number of hydrogen-bond donors (Lipinski definition) is 5. The molecule has 0 aromatic heterocycles. The van der Waals surface area contributed by atoms with Crippen LogP contribution in [0.4, 0.5) is 0 Å². The minimum atomic E-state index is -0.291. The largest absolute Gasteiger partial charge is 0.504 e. The molecule has 2 heterocycles. The first-order valence-corrected chi connectivity index (χ1v) is 22.9. The molecule has 2 aliphatic heterocycles. The molecule has 8 nitrogen and oxygen atoms in total. The Morgan fingerprint density at radius 1 is 0.951 bits per heavy atom. The van der Waals surface area contributed by atoms with Gasteiger partial charge in [-0.3, -0.25) is 9.59 Å². The third kappa shape index (κ3) is 12.0. The number of hydrogen-bond acceptors (Lipinski definition) is 8. The molecule has 2 fully saturated rings. The van der Waals surface area contributed by atoms with Gasteiger partial charge in [-0.2, -0.15) is 0 Å². The maximum atomic E-state index is 13.3. The number of methoxy groups -OCH3 is 1. The number of fused-ring (bicyclic) bond motifs is 1. The van der Waals surface area contributed by atoms with Gasteiger partial charge >= 0.3 is 0 Å². The van der Waals surface area contributed by atoms with Crippen LogP contribution in [0.1, 0.15) is 98.4 Å². The Balaban J connectivity index is 0.947. The molecule has 5 atom stereocenters. The van der Waals surface area contributed by atoms with Crippen LogP contribution in [0, 0.1) is 23.2 Å². The smallest absolute Gasteiger partial charge is 0.163 e. The second-order valence-corrected chi connectivity index (χ2v) is 18.2. The van der Waals surface area contributed by atoms with Crippen molar-refractivity contribution in [1.82, 2.24) is 16.0 Å². The molecule has 0 bridgehead atoms. The van der Waals surface area contributed by atoms with E-state index < -0.39 is 0 Å². The number of Topliss-reactive ketones (excluding diaryl/α,β-unsaturated/α-hetero) is 1. The molecule has 324 valence electrons. The number of benzene rings is 3. The maximum absolute atomic E-state index is 13.3. The molecule has 2 aliphatic carbocycles. The number of aryl methyl sites for hydroxylation is 3. The van der Waals surface area contributed by atoms with Crippen LogP contribution in [0.5, 0.6) is 11.5 Å². The lowest BCUT2D eigenvalue weighted by Crippen LogP contribution is -2.49. The minimum absolute atomic E-state index is 0.00436. The van der Waals surface area contributed by atoms with E-state index in [1.54, 1.807) is 18.2 Å². The number of ketones is 2. The summed E-state index contributed by atoms with van der Waals surface area (Å²) < 4.78 is 5.47. The van der Waals surface area contributed by atoms with Gasteiger partial charge in [0, 0.05) is 25.2 Å². The van der Waals surface area contributed by atoms with Gasteiger partial charge in [0.15, 0.2) is 17.3 Å². The molecule has 8 heteroatoms. The third-order valence-corrected chi connectivity index (χ3v) is 14.1. The Bertz CT molecular complexity index is 2080. The number of ether oxygens (including phenoxy) is 1. The number of piperidine rings is 1. The zero-order valence-corrected chi connectivity index (χ0v) is 36.5. The van der Waals surface area contributed by atoms with E-state index in [1.165, 1.54) is 68.4 Å². The highest BCUT2D eigenvalue weighted by Crippen LogP contribution is 2.51. The highest BCUT2D eigenvalue weighted by molar-refractivity contribution is 6.06. The van der Waals surface area contributed by atoms with E-state index in [9.17, 15) is 14.7 Å². The summed E-state index contributed by atoms with van der Waals surface area (Å²) in [5, 5.41) is 21.3. The number of carbonyl (C=O) groups is 2. The van der Waals surface area contributed by atoms with Crippen LogP contribution in [0.2, 0.25) is 0 Å². The van der Waals surface area contributed by atoms with Crippen molar-refractivity contribution >= 4 is 17.6 Å².